The zero-order chi connectivity index (χ0) is 16.7. The van der Waals surface area contributed by atoms with Gasteiger partial charge >= 0.3 is 0 Å². The summed E-state index contributed by atoms with van der Waals surface area (Å²) in [7, 11) is 0. The molecule has 2 heteroatoms. The van der Waals surface area contributed by atoms with Crippen molar-refractivity contribution < 1.29 is 4.39 Å². The molecule has 23 heavy (non-hydrogen) atoms. The normalized spacial score (nSPS) is 19.2. The van der Waals surface area contributed by atoms with E-state index in [0.717, 1.165) is 50.5 Å². The summed E-state index contributed by atoms with van der Waals surface area (Å²) < 4.78 is 13.9. The van der Waals surface area contributed by atoms with Crippen molar-refractivity contribution in [3.63, 3.8) is 0 Å². The van der Waals surface area contributed by atoms with Gasteiger partial charge in [-0.3, -0.25) is 0 Å². The Balaban J connectivity index is 2.49. The third-order valence-corrected chi connectivity index (χ3v) is 5.67. The van der Waals surface area contributed by atoms with Crippen LogP contribution in [-0.2, 0) is 5.41 Å². The van der Waals surface area contributed by atoms with Crippen molar-refractivity contribution in [3.05, 3.63) is 35.6 Å². The summed E-state index contributed by atoms with van der Waals surface area (Å²) >= 11 is 0. The molecular weight excluding hydrogens is 285 g/mol. The zero-order valence-corrected chi connectivity index (χ0v) is 14.7. The molecule has 0 amide bonds. The van der Waals surface area contributed by atoms with Crippen LogP contribution in [0.4, 0.5) is 4.39 Å². The molecule has 1 aliphatic rings. The quantitative estimate of drug-likeness (QED) is 0.545. The Hall–Kier alpha value is -1.36. The monoisotopic (exact) mass is 315 g/mol. The predicted octanol–water partition coefficient (Wildman–Crippen LogP) is 6.38. The minimum atomic E-state index is -0.510. The van der Waals surface area contributed by atoms with E-state index in [1.807, 2.05) is 6.07 Å². The maximum Gasteiger partial charge on any atom is 0.123 e. The van der Waals surface area contributed by atoms with Crippen LogP contribution in [0.3, 0.4) is 0 Å². The molecule has 1 fully saturated rings. The largest absolute Gasteiger partial charge is 0.207 e. The predicted molar refractivity (Wildman–Crippen MR) is 93.6 cm³/mol. The van der Waals surface area contributed by atoms with Crippen LogP contribution in [0.5, 0.6) is 0 Å². The van der Waals surface area contributed by atoms with Crippen molar-refractivity contribution >= 4 is 0 Å². The van der Waals surface area contributed by atoms with E-state index in [-0.39, 0.29) is 5.82 Å². The Morgan fingerprint density at radius 1 is 1.22 bits per heavy atom. The number of rotatable bonds is 8. The highest BCUT2D eigenvalue weighted by Crippen LogP contribution is 2.49. The molecule has 0 bridgehead atoms. The summed E-state index contributed by atoms with van der Waals surface area (Å²) in [5.74, 6) is 0.496. The highest BCUT2D eigenvalue weighted by molar-refractivity contribution is 5.36. The first-order valence-corrected chi connectivity index (χ1v) is 9.36. The minimum absolute atomic E-state index is 0.217. The number of halogens is 1. The molecule has 1 aromatic rings. The Labute approximate surface area is 140 Å². The van der Waals surface area contributed by atoms with E-state index < -0.39 is 5.41 Å². The first kappa shape index (κ1) is 18.0. The van der Waals surface area contributed by atoms with E-state index in [2.05, 4.69) is 19.9 Å². The minimum Gasteiger partial charge on any atom is -0.207 e. The molecule has 1 aliphatic carbocycles. The van der Waals surface area contributed by atoms with Gasteiger partial charge < -0.3 is 0 Å². The summed E-state index contributed by atoms with van der Waals surface area (Å²) in [6.45, 7) is 4.40. The SMILES string of the molecule is CCCCC(CCC)C(C#N)(c1cccc(F)c1)C1CCCC1. The van der Waals surface area contributed by atoms with Crippen LogP contribution in [-0.4, -0.2) is 0 Å². The van der Waals surface area contributed by atoms with Crippen LogP contribution >= 0.6 is 0 Å². The summed E-state index contributed by atoms with van der Waals surface area (Å²) in [5.41, 5.74) is 0.408. The molecular formula is C21H30FN. The Bertz CT molecular complexity index is 527. The van der Waals surface area contributed by atoms with Crippen LogP contribution in [0.25, 0.3) is 0 Å². The van der Waals surface area contributed by atoms with Gasteiger partial charge in [-0.1, -0.05) is 58.1 Å². The third kappa shape index (κ3) is 3.77. The van der Waals surface area contributed by atoms with Crippen molar-refractivity contribution in [3.8, 4) is 6.07 Å². The number of nitriles is 1. The summed E-state index contributed by atoms with van der Waals surface area (Å²) in [6, 6.07) is 9.59. The molecule has 0 saturated heterocycles. The molecule has 0 heterocycles. The van der Waals surface area contributed by atoms with E-state index in [0.29, 0.717) is 11.8 Å². The second kappa shape index (κ2) is 8.48. The van der Waals surface area contributed by atoms with Crippen LogP contribution < -0.4 is 0 Å². The number of benzene rings is 1. The Kier molecular flexibility index (Phi) is 6.63. The Morgan fingerprint density at radius 2 is 1.96 bits per heavy atom. The highest BCUT2D eigenvalue weighted by Gasteiger charge is 2.47. The lowest BCUT2D eigenvalue weighted by atomic mass is 9.60. The first-order valence-electron chi connectivity index (χ1n) is 9.36. The molecule has 2 rings (SSSR count). The van der Waals surface area contributed by atoms with E-state index in [1.54, 1.807) is 12.1 Å². The molecule has 126 valence electrons. The number of hydrogen-bond acceptors (Lipinski definition) is 1. The summed E-state index contributed by atoms with van der Waals surface area (Å²) in [5, 5.41) is 10.3. The third-order valence-electron chi connectivity index (χ3n) is 5.67. The fraction of sp³-hybridized carbons (Fsp3) is 0.667. The average Bonchev–Trinajstić information content (AvgIpc) is 3.08. The molecule has 0 aromatic heterocycles. The van der Waals surface area contributed by atoms with Crippen LogP contribution in [0.1, 0.15) is 77.2 Å². The second-order valence-electron chi connectivity index (χ2n) is 7.10. The molecule has 2 unspecified atom stereocenters. The summed E-state index contributed by atoms with van der Waals surface area (Å²) in [4.78, 5) is 0. The van der Waals surface area contributed by atoms with Gasteiger partial charge in [0.15, 0.2) is 0 Å². The maximum absolute atomic E-state index is 13.9. The number of unbranched alkanes of at least 4 members (excludes halogenated alkanes) is 1. The highest BCUT2D eigenvalue weighted by atomic mass is 19.1. The molecule has 2 atom stereocenters. The molecule has 0 spiro atoms. The average molecular weight is 315 g/mol. The lowest BCUT2D eigenvalue weighted by Gasteiger charge is -2.41. The number of nitrogens with zero attached hydrogens (tertiary/aromatic N) is 1. The van der Waals surface area contributed by atoms with Crippen molar-refractivity contribution in [1.29, 1.82) is 5.26 Å². The fourth-order valence-corrected chi connectivity index (χ4v) is 4.58. The van der Waals surface area contributed by atoms with Gasteiger partial charge in [0.2, 0.25) is 0 Å². The molecule has 0 radical (unpaired) electrons. The number of hydrogen-bond donors (Lipinski definition) is 0. The van der Waals surface area contributed by atoms with Crippen molar-refractivity contribution in [2.24, 2.45) is 11.8 Å². The lowest BCUT2D eigenvalue weighted by molar-refractivity contribution is 0.203. The van der Waals surface area contributed by atoms with E-state index in [1.165, 1.54) is 18.9 Å². The van der Waals surface area contributed by atoms with Crippen molar-refractivity contribution in [2.75, 3.05) is 0 Å². The second-order valence-corrected chi connectivity index (χ2v) is 7.10. The van der Waals surface area contributed by atoms with Crippen LogP contribution in [0.15, 0.2) is 24.3 Å². The Morgan fingerprint density at radius 3 is 2.52 bits per heavy atom. The maximum atomic E-state index is 13.9. The van der Waals surface area contributed by atoms with Crippen LogP contribution in [0, 0.1) is 29.0 Å². The van der Waals surface area contributed by atoms with Gasteiger partial charge in [-0.2, -0.15) is 5.26 Å². The van der Waals surface area contributed by atoms with E-state index in [9.17, 15) is 9.65 Å². The van der Waals surface area contributed by atoms with Gasteiger partial charge in [0.1, 0.15) is 5.82 Å². The topological polar surface area (TPSA) is 23.8 Å². The van der Waals surface area contributed by atoms with Crippen molar-refractivity contribution in [1.82, 2.24) is 0 Å². The van der Waals surface area contributed by atoms with Crippen LogP contribution in [0.2, 0.25) is 0 Å². The standard InChI is InChI=1S/C21H30FN/c1-3-5-10-17(9-4-2)21(16-23,18-11-6-7-12-18)19-13-8-14-20(22)15-19/h8,13-15,17-18H,3-7,9-12H2,1-2H3. The zero-order valence-electron chi connectivity index (χ0n) is 14.7. The molecule has 0 aliphatic heterocycles. The van der Waals surface area contributed by atoms with Gasteiger partial charge in [0.25, 0.3) is 0 Å². The summed E-state index contributed by atoms with van der Waals surface area (Å²) in [6.07, 6.45) is 10.1. The lowest BCUT2D eigenvalue weighted by Crippen LogP contribution is -2.40. The fourth-order valence-electron chi connectivity index (χ4n) is 4.58. The van der Waals surface area contributed by atoms with Gasteiger partial charge in [-0.15, -0.1) is 0 Å². The van der Waals surface area contributed by atoms with Gasteiger partial charge in [-0.25, -0.2) is 4.39 Å². The molecule has 1 saturated carbocycles. The van der Waals surface area contributed by atoms with Gasteiger partial charge in [0.05, 0.1) is 11.5 Å². The van der Waals surface area contributed by atoms with E-state index in [4.69, 9.17) is 0 Å². The van der Waals surface area contributed by atoms with Gasteiger partial charge in [-0.05, 0) is 55.2 Å². The van der Waals surface area contributed by atoms with Gasteiger partial charge in [0, 0.05) is 0 Å². The molecule has 1 nitrogen and oxygen atoms in total. The molecule has 1 aromatic carbocycles. The van der Waals surface area contributed by atoms with Crippen molar-refractivity contribution in [2.45, 2.75) is 77.0 Å². The smallest absolute Gasteiger partial charge is 0.123 e. The molecule has 0 N–H and O–H groups in total. The van der Waals surface area contributed by atoms with E-state index >= 15 is 0 Å². The first-order chi connectivity index (χ1) is 11.2.